The van der Waals surface area contributed by atoms with Crippen LogP contribution in [0.3, 0.4) is 0 Å². The number of carbonyl (C=O) groups excluding carboxylic acids is 1. The van der Waals surface area contributed by atoms with Gasteiger partial charge in [-0.05, 0) is 33.6 Å². The lowest BCUT2D eigenvalue weighted by atomic mass is 9.98. The summed E-state index contributed by atoms with van der Waals surface area (Å²) in [6.07, 6.45) is 0.815. The standard InChI is InChI=1S/C10H19NO3/c1-7(12)10(2,3)11-9(13)8-5-4-6-14-8/h7-8,12H,4-6H2,1-3H3,(H,11,13). The van der Waals surface area contributed by atoms with Crippen LogP contribution in [-0.2, 0) is 9.53 Å². The minimum atomic E-state index is -0.594. The third-order valence-corrected chi connectivity index (χ3v) is 2.71. The Labute approximate surface area is 84.6 Å². The Hall–Kier alpha value is -0.610. The number of hydrogen-bond acceptors (Lipinski definition) is 3. The molecule has 2 atom stereocenters. The fourth-order valence-electron chi connectivity index (χ4n) is 1.29. The monoisotopic (exact) mass is 201 g/mol. The van der Waals surface area contributed by atoms with E-state index in [1.165, 1.54) is 0 Å². The lowest BCUT2D eigenvalue weighted by Gasteiger charge is -2.30. The van der Waals surface area contributed by atoms with Gasteiger partial charge in [0.15, 0.2) is 0 Å². The second-order valence-corrected chi connectivity index (χ2v) is 4.39. The molecule has 0 spiro atoms. The molecule has 1 rings (SSSR count). The number of ether oxygens (including phenoxy) is 1. The number of amides is 1. The van der Waals surface area contributed by atoms with Gasteiger partial charge in [-0.2, -0.15) is 0 Å². The summed E-state index contributed by atoms with van der Waals surface area (Å²) in [5, 5.41) is 12.2. The maximum absolute atomic E-state index is 11.6. The summed E-state index contributed by atoms with van der Waals surface area (Å²) in [4.78, 5) is 11.6. The minimum absolute atomic E-state index is 0.117. The number of aliphatic hydroxyl groups is 1. The van der Waals surface area contributed by atoms with E-state index >= 15 is 0 Å². The van der Waals surface area contributed by atoms with Crippen LogP contribution in [-0.4, -0.2) is 35.4 Å². The summed E-state index contributed by atoms with van der Waals surface area (Å²) in [5.74, 6) is -0.117. The van der Waals surface area contributed by atoms with Gasteiger partial charge in [-0.1, -0.05) is 0 Å². The van der Waals surface area contributed by atoms with Gasteiger partial charge >= 0.3 is 0 Å². The molecule has 0 radical (unpaired) electrons. The summed E-state index contributed by atoms with van der Waals surface area (Å²) in [7, 11) is 0. The molecule has 0 aliphatic carbocycles. The van der Waals surface area contributed by atoms with Crippen LogP contribution in [0.4, 0.5) is 0 Å². The SMILES string of the molecule is CC(O)C(C)(C)NC(=O)C1CCCO1. The highest BCUT2D eigenvalue weighted by Gasteiger charge is 2.31. The van der Waals surface area contributed by atoms with Crippen LogP contribution < -0.4 is 5.32 Å². The third kappa shape index (κ3) is 2.69. The molecular weight excluding hydrogens is 182 g/mol. The van der Waals surface area contributed by atoms with E-state index in [9.17, 15) is 9.90 Å². The fraction of sp³-hybridized carbons (Fsp3) is 0.900. The quantitative estimate of drug-likeness (QED) is 0.696. The van der Waals surface area contributed by atoms with Gasteiger partial charge in [0.1, 0.15) is 6.10 Å². The normalized spacial score (nSPS) is 24.7. The Morgan fingerprint density at radius 3 is 2.71 bits per heavy atom. The minimum Gasteiger partial charge on any atom is -0.391 e. The zero-order valence-electron chi connectivity index (χ0n) is 9.04. The average Bonchev–Trinajstić information content (AvgIpc) is 2.54. The summed E-state index contributed by atoms with van der Waals surface area (Å²) in [6.45, 7) is 5.91. The van der Waals surface area contributed by atoms with Gasteiger partial charge in [0.2, 0.25) is 5.91 Å². The maximum Gasteiger partial charge on any atom is 0.249 e. The van der Waals surface area contributed by atoms with Crippen molar-refractivity contribution in [3.05, 3.63) is 0 Å². The maximum atomic E-state index is 11.6. The van der Waals surface area contributed by atoms with E-state index in [1.807, 2.05) is 0 Å². The van der Waals surface area contributed by atoms with Crippen molar-refractivity contribution in [2.45, 2.75) is 51.4 Å². The third-order valence-electron chi connectivity index (χ3n) is 2.71. The van der Waals surface area contributed by atoms with E-state index < -0.39 is 11.6 Å². The summed E-state index contributed by atoms with van der Waals surface area (Å²) in [5.41, 5.74) is -0.594. The molecule has 0 aromatic carbocycles. The molecule has 14 heavy (non-hydrogen) atoms. The Balaban J connectivity index is 2.46. The first kappa shape index (κ1) is 11.5. The number of aliphatic hydroxyl groups excluding tert-OH is 1. The molecule has 1 amide bonds. The molecule has 1 saturated heterocycles. The molecule has 1 heterocycles. The second-order valence-electron chi connectivity index (χ2n) is 4.39. The number of nitrogens with one attached hydrogen (secondary N) is 1. The molecule has 2 N–H and O–H groups in total. The van der Waals surface area contributed by atoms with Gasteiger partial charge in [-0.3, -0.25) is 4.79 Å². The summed E-state index contributed by atoms with van der Waals surface area (Å²) >= 11 is 0. The van der Waals surface area contributed by atoms with Crippen LogP contribution in [0.1, 0.15) is 33.6 Å². The average molecular weight is 201 g/mol. The first-order valence-electron chi connectivity index (χ1n) is 5.05. The van der Waals surface area contributed by atoms with Crippen molar-refractivity contribution in [1.29, 1.82) is 0 Å². The largest absolute Gasteiger partial charge is 0.391 e. The molecule has 0 aromatic rings. The molecule has 1 aliphatic heterocycles. The molecule has 4 heteroatoms. The molecule has 0 aromatic heterocycles. The number of hydrogen-bond donors (Lipinski definition) is 2. The predicted molar refractivity (Wildman–Crippen MR) is 52.9 cm³/mol. The highest BCUT2D eigenvalue weighted by Crippen LogP contribution is 2.15. The predicted octanol–water partition coefficient (Wildman–Crippen LogP) is 0.441. The highest BCUT2D eigenvalue weighted by atomic mass is 16.5. The number of carbonyl (C=O) groups is 1. The summed E-state index contributed by atoms with van der Waals surface area (Å²) < 4.78 is 5.25. The van der Waals surface area contributed by atoms with Crippen LogP contribution >= 0.6 is 0 Å². The van der Waals surface area contributed by atoms with Gasteiger partial charge < -0.3 is 15.2 Å². The number of rotatable bonds is 3. The molecular formula is C10H19NO3. The highest BCUT2D eigenvalue weighted by molar-refractivity contribution is 5.81. The Morgan fingerprint density at radius 1 is 1.64 bits per heavy atom. The Morgan fingerprint density at radius 2 is 2.29 bits per heavy atom. The molecule has 1 aliphatic rings. The van der Waals surface area contributed by atoms with Crippen molar-refractivity contribution in [2.24, 2.45) is 0 Å². The van der Waals surface area contributed by atoms with Crippen LogP contribution in [0.2, 0.25) is 0 Å². The topological polar surface area (TPSA) is 58.6 Å². The first-order chi connectivity index (χ1) is 6.43. The van der Waals surface area contributed by atoms with Crippen molar-refractivity contribution < 1.29 is 14.6 Å². The Bertz CT molecular complexity index is 207. The van der Waals surface area contributed by atoms with E-state index in [0.29, 0.717) is 6.61 Å². The molecule has 82 valence electrons. The van der Waals surface area contributed by atoms with E-state index in [2.05, 4.69) is 5.32 Å². The van der Waals surface area contributed by atoms with Crippen molar-refractivity contribution in [3.63, 3.8) is 0 Å². The molecule has 0 saturated carbocycles. The molecule has 2 unspecified atom stereocenters. The van der Waals surface area contributed by atoms with Gasteiger partial charge in [-0.15, -0.1) is 0 Å². The van der Waals surface area contributed by atoms with Crippen LogP contribution in [0.5, 0.6) is 0 Å². The fourth-order valence-corrected chi connectivity index (χ4v) is 1.29. The van der Waals surface area contributed by atoms with Crippen molar-refractivity contribution in [1.82, 2.24) is 5.32 Å². The van der Waals surface area contributed by atoms with E-state index in [1.54, 1.807) is 20.8 Å². The van der Waals surface area contributed by atoms with E-state index in [0.717, 1.165) is 12.8 Å². The van der Waals surface area contributed by atoms with Crippen molar-refractivity contribution >= 4 is 5.91 Å². The van der Waals surface area contributed by atoms with Gasteiger partial charge in [0, 0.05) is 6.61 Å². The van der Waals surface area contributed by atoms with Gasteiger partial charge in [0.05, 0.1) is 11.6 Å². The molecule has 0 bridgehead atoms. The van der Waals surface area contributed by atoms with E-state index in [4.69, 9.17) is 4.74 Å². The summed E-state index contributed by atoms with van der Waals surface area (Å²) in [6, 6.07) is 0. The zero-order chi connectivity index (χ0) is 10.8. The lowest BCUT2D eigenvalue weighted by molar-refractivity contribution is -0.133. The zero-order valence-corrected chi connectivity index (χ0v) is 9.04. The Kier molecular flexibility index (Phi) is 3.50. The van der Waals surface area contributed by atoms with Crippen LogP contribution in [0, 0.1) is 0 Å². The van der Waals surface area contributed by atoms with Crippen molar-refractivity contribution in [3.8, 4) is 0 Å². The molecule has 4 nitrogen and oxygen atoms in total. The van der Waals surface area contributed by atoms with E-state index in [-0.39, 0.29) is 12.0 Å². The van der Waals surface area contributed by atoms with Crippen LogP contribution in [0.25, 0.3) is 0 Å². The van der Waals surface area contributed by atoms with Crippen LogP contribution in [0.15, 0.2) is 0 Å². The second kappa shape index (κ2) is 4.28. The van der Waals surface area contributed by atoms with Gasteiger partial charge in [0.25, 0.3) is 0 Å². The lowest BCUT2D eigenvalue weighted by Crippen LogP contribution is -2.53. The smallest absolute Gasteiger partial charge is 0.249 e. The molecule has 1 fully saturated rings. The van der Waals surface area contributed by atoms with Gasteiger partial charge in [-0.25, -0.2) is 0 Å². The first-order valence-corrected chi connectivity index (χ1v) is 5.05. The van der Waals surface area contributed by atoms with Crippen molar-refractivity contribution in [2.75, 3.05) is 6.61 Å².